The molecular formula is C14H27N3O3. The van der Waals surface area contributed by atoms with Crippen LogP contribution in [0.4, 0.5) is 4.79 Å². The molecule has 1 fully saturated rings. The molecule has 0 unspecified atom stereocenters. The van der Waals surface area contributed by atoms with E-state index in [0.717, 1.165) is 32.0 Å². The van der Waals surface area contributed by atoms with E-state index in [1.54, 1.807) is 0 Å². The van der Waals surface area contributed by atoms with Crippen LogP contribution in [-0.4, -0.2) is 54.2 Å². The summed E-state index contributed by atoms with van der Waals surface area (Å²) in [5.41, 5.74) is 0. The summed E-state index contributed by atoms with van der Waals surface area (Å²) in [7, 11) is 0. The minimum absolute atomic E-state index is 0.130. The molecule has 0 aliphatic heterocycles. The maximum absolute atomic E-state index is 11.5. The number of hydrogen-bond acceptors (Lipinski definition) is 3. The average molecular weight is 285 g/mol. The standard InChI is InChI=1S/C14H27N3O3/c1-2-17(12-7-8-12)11-10-16-14(20)15-9-5-3-4-6-13(18)19/h12H,2-11H2,1H3,(H,18,19)(H2,15,16,20). The van der Waals surface area contributed by atoms with Crippen molar-refractivity contribution in [3.63, 3.8) is 0 Å². The van der Waals surface area contributed by atoms with Crippen LogP contribution < -0.4 is 10.6 Å². The molecule has 2 amide bonds. The van der Waals surface area contributed by atoms with Crippen molar-refractivity contribution in [1.29, 1.82) is 0 Å². The van der Waals surface area contributed by atoms with Gasteiger partial charge in [-0.05, 0) is 32.2 Å². The second kappa shape index (κ2) is 9.58. The van der Waals surface area contributed by atoms with Crippen molar-refractivity contribution >= 4 is 12.0 Å². The van der Waals surface area contributed by atoms with Gasteiger partial charge in [0.2, 0.25) is 0 Å². The summed E-state index contributed by atoms with van der Waals surface area (Å²) in [6.45, 7) is 5.38. The molecule has 0 aromatic carbocycles. The Labute approximate surface area is 120 Å². The van der Waals surface area contributed by atoms with Gasteiger partial charge in [-0.25, -0.2) is 4.79 Å². The lowest BCUT2D eigenvalue weighted by Gasteiger charge is -2.19. The molecule has 6 heteroatoms. The highest BCUT2D eigenvalue weighted by molar-refractivity contribution is 5.73. The van der Waals surface area contributed by atoms with Crippen molar-refractivity contribution in [3.8, 4) is 0 Å². The van der Waals surface area contributed by atoms with Gasteiger partial charge in [-0.15, -0.1) is 0 Å². The van der Waals surface area contributed by atoms with Crippen LogP contribution in [0.3, 0.4) is 0 Å². The summed E-state index contributed by atoms with van der Waals surface area (Å²) in [6.07, 6.45) is 5.11. The molecule has 0 bridgehead atoms. The molecule has 0 atom stereocenters. The summed E-state index contributed by atoms with van der Waals surface area (Å²) < 4.78 is 0. The van der Waals surface area contributed by atoms with E-state index in [-0.39, 0.29) is 12.5 Å². The van der Waals surface area contributed by atoms with E-state index in [0.29, 0.717) is 19.5 Å². The van der Waals surface area contributed by atoms with Gasteiger partial charge in [0, 0.05) is 32.1 Å². The van der Waals surface area contributed by atoms with Gasteiger partial charge in [-0.3, -0.25) is 9.69 Å². The van der Waals surface area contributed by atoms with Crippen LogP contribution in [0.1, 0.15) is 45.4 Å². The third-order valence-corrected chi connectivity index (χ3v) is 3.51. The molecule has 0 spiro atoms. The van der Waals surface area contributed by atoms with Crippen LogP contribution in [0.2, 0.25) is 0 Å². The predicted molar refractivity (Wildman–Crippen MR) is 77.8 cm³/mol. The van der Waals surface area contributed by atoms with E-state index in [2.05, 4.69) is 22.5 Å². The van der Waals surface area contributed by atoms with Gasteiger partial charge in [-0.1, -0.05) is 13.3 Å². The van der Waals surface area contributed by atoms with E-state index in [1.807, 2.05) is 0 Å². The molecule has 3 N–H and O–H groups in total. The van der Waals surface area contributed by atoms with Gasteiger partial charge in [0.15, 0.2) is 0 Å². The third-order valence-electron chi connectivity index (χ3n) is 3.51. The molecule has 0 heterocycles. The summed E-state index contributed by atoms with van der Waals surface area (Å²) in [5.74, 6) is -0.758. The number of carboxylic acid groups (broad SMARTS) is 1. The fraction of sp³-hybridized carbons (Fsp3) is 0.857. The Bertz CT molecular complexity index is 306. The van der Waals surface area contributed by atoms with Crippen molar-refractivity contribution in [3.05, 3.63) is 0 Å². The zero-order chi connectivity index (χ0) is 14.8. The molecule has 0 saturated heterocycles. The highest BCUT2D eigenvalue weighted by atomic mass is 16.4. The first kappa shape index (κ1) is 16.8. The van der Waals surface area contributed by atoms with E-state index in [1.165, 1.54) is 12.8 Å². The first-order valence-electron chi connectivity index (χ1n) is 7.61. The number of hydrogen-bond donors (Lipinski definition) is 3. The molecular weight excluding hydrogens is 258 g/mol. The highest BCUT2D eigenvalue weighted by Gasteiger charge is 2.27. The maximum atomic E-state index is 11.5. The third kappa shape index (κ3) is 7.99. The number of nitrogens with one attached hydrogen (secondary N) is 2. The topological polar surface area (TPSA) is 81.7 Å². The lowest BCUT2D eigenvalue weighted by molar-refractivity contribution is -0.137. The van der Waals surface area contributed by atoms with Crippen LogP contribution in [0, 0.1) is 0 Å². The van der Waals surface area contributed by atoms with Gasteiger partial charge in [0.1, 0.15) is 0 Å². The summed E-state index contributed by atoms with van der Waals surface area (Å²) in [6, 6.07) is 0.606. The Kier molecular flexibility index (Phi) is 8.02. The molecule has 6 nitrogen and oxygen atoms in total. The maximum Gasteiger partial charge on any atom is 0.314 e. The number of amides is 2. The van der Waals surface area contributed by atoms with Gasteiger partial charge < -0.3 is 15.7 Å². The number of carbonyl (C=O) groups is 2. The van der Waals surface area contributed by atoms with E-state index >= 15 is 0 Å². The van der Waals surface area contributed by atoms with E-state index in [4.69, 9.17) is 5.11 Å². The number of likely N-dealkylation sites (N-methyl/N-ethyl adjacent to an activating group) is 1. The monoisotopic (exact) mass is 285 g/mol. The van der Waals surface area contributed by atoms with Crippen molar-refractivity contribution in [2.24, 2.45) is 0 Å². The van der Waals surface area contributed by atoms with Crippen molar-refractivity contribution in [2.75, 3.05) is 26.2 Å². The van der Waals surface area contributed by atoms with Gasteiger partial charge in [0.25, 0.3) is 0 Å². The number of unbranched alkanes of at least 4 members (excludes halogenated alkanes) is 2. The second-order valence-corrected chi connectivity index (χ2v) is 5.25. The summed E-state index contributed by atoms with van der Waals surface area (Å²) in [4.78, 5) is 24.2. The Morgan fingerprint density at radius 1 is 1.15 bits per heavy atom. The van der Waals surface area contributed by atoms with Crippen LogP contribution >= 0.6 is 0 Å². The van der Waals surface area contributed by atoms with Crippen molar-refractivity contribution < 1.29 is 14.7 Å². The molecule has 116 valence electrons. The summed E-state index contributed by atoms with van der Waals surface area (Å²) >= 11 is 0. The van der Waals surface area contributed by atoms with Gasteiger partial charge in [-0.2, -0.15) is 0 Å². The molecule has 1 aliphatic carbocycles. The number of carbonyl (C=O) groups excluding carboxylic acids is 1. The number of aliphatic carboxylic acids is 1. The fourth-order valence-electron chi connectivity index (χ4n) is 2.19. The van der Waals surface area contributed by atoms with Crippen LogP contribution in [0.25, 0.3) is 0 Å². The smallest absolute Gasteiger partial charge is 0.314 e. The minimum atomic E-state index is -0.758. The first-order chi connectivity index (χ1) is 9.63. The molecule has 20 heavy (non-hydrogen) atoms. The number of carboxylic acids is 1. The average Bonchev–Trinajstić information content (AvgIpc) is 3.23. The molecule has 0 aromatic rings. The van der Waals surface area contributed by atoms with Gasteiger partial charge in [0.05, 0.1) is 0 Å². The zero-order valence-corrected chi connectivity index (χ0v) is 12.4. The Balaban J connectivity index is 1.90. The molecule has 0 radical (unpaired) electrons. The normalized spacial score (nSPS) is 14.3. The van der Waals surface area contributed by atoms with E-state index < -0.39 is 5.97 Å². The Morgan fingerprint density at radius 2 is 1.85 bits per heavy atom. The fourth-order valence-corrected chi connectivity index (χ4v) is 2.19. The molecule has 1 aliphatic rings. The molecule has 1 saturated carbocycles. The number of nitrogens with zero attached hydrogens (tertiary/aromatic N) is 1. The molecule has 1 rings (SSSR count). The number of rotatable bonds is 11. The van der Waals surface area contributed by atoms with Gasteiger partial charge >= 0.3 is 12.0 Å². The van der Waals surface area contributed by atoms with Crippen LogP contribution in [-0.2, 0) is 4.79 Å². The predicted octanol–water partition coefficient (Wildman–Crippen LogP) is 1.41. The highest BCUT2D eigenvalue weighted by Crippen LogP contribution is 2.25. The lowest BCUT2D eigenvalue weighted by atomic mass is 10.2. The SMILES string of the molecule is CCN(CCNC(=O)NCCCCCC(=O)O)C1CC1. The first-order valence-corrected chi connectivity index (χ1v) is 7.61. The summed E-state index contributed by atoms with van der Waals surface area (Å²) in [5, 5.41) is 14.1. The zero-order valence-electron chi connectivity index (χ0n) is 12.4. The van der Waals surface area contributed by atoms with Crippen LogP contribution in [0.15, 0.2) is 0 Å². The van der Waals surface area contributed by atoms with Crippen molar-refractivity contribution in [2.45, 2.75) is 51.5 Å². The van der Waals surface area contributed by atoms with Crippen LogP contribution in [0.5, 0.6) is 0 Å². The minimum Gasteiger partial charge on any atom is -0.481 e. The second-order valence-electron chi connectivity index (χ2n) is 5.25. The van der Waals surface area contributed by atoms with Crippen molar-refractivity contribution in [1.82, 2.24) is 15.5 Å². The number of urea groups is 1. The Hall–Kier alpha value is -1.30. The Morgan fingerprint density at radius 3 is 2.45 bits per heavy atom. The lowest BCUT2D eigenvalue weighted by Crippen LogP contribution is -2.41. The van der Waals surface area contributed by atoms with E-state index in [9.17, 15) is 9.59 Å². The largest absolute Gasteiger partial charge is 0.481 e. The quantitative estimate of drug-likeness (QED) is 0.501. The molecule has 0 aromatic heterocycles.